The molecule has 2 aliphatic carbocycles. The van der Waals surface area contributed by atoms with E-state index in [4.69, 9.17) is 0 Å². The SMILES string of the molecule is ON=C1C2CCC(C2)C1N1CCN(c2ccc(F)cc2)CC1. The predicted octanol–water partition coefficient (Wildman–Crippen LogP) is 2.58. The van der Waals surface area contributed by atoms with E-state index in [0.29, 0.717) is 17.9 Å². The maximum absolute atomic E-state index is 13.0. The number of benzene rings is 1. The first-order chi connectivity index (χ1) is 10.8. The Balaban J connectivity index is 1.43. The van der Waals surface area contributed by atoms with Gasteiger partial charge in [-0.25, -0.2) is 4.39 Å². The van der Waals surface area contributed by atoms with Crippen molar-refractivity contribution in [1.29, 1.82) is 0 Å². The van der Waals surface area contributed by atoms with Gasteiger partial charge in [0.2, 0.25) is 0 Å². The summed E-state index contributed by atoms with van der Waals surface area (Å²) < 4.78 is 13.0. The van der Waals surface area contributed by atoms with Gasteiger partial charge in [-0.15, -0.1) is 0 Å². The van der Waals surface area contributed by atoms with Gasteiger partial charge in [0.05, 0.1) is 11.8 Å². The highest BCUT2D eigenvalue weighted by Gasteiger charge is 2.48. The largest absolute Gasteiger partial charge is 0.411 e. The number of hydrogen-bond donors (Lipinski definition) is 1. The predicted molar refractivity (Wildman–Crippen MR) is 84.0 cm³/mol. The molecule has 0 spiro atoms. The van der Waals surface area contributed by atoms with Gasteiger partial charge in [0.1, 0.15) is 5.82 Å². The fraction of sp³-hybridized carbons (Fsp3) is 0.588. The van der Waals surface area contributed by atoms with Crippen LogP contribution in [0.1, 0.15) is 19.3 Å². The lowest BCUT2D eigenvalue weighted by atomic mass is 9.91. The maximum Gasteiger partial charge on any atom is 0.123 e. The Labute approximate surface area is 130 Å². The van der Waals surface area contributed by atoms with Crippen LogP contribution in [-0.2, 0) is 0 Å². The first kappa shape index (κ1) is 14.0. The van der Waals surface area contributed by atoms with Gasteiger partial charge in [-0.1, -0.05) is 5.16 Å². The highest BCUT2D eigenvalue weighted by Crippen LogP contribution is 2.45. The first-order valence-electron chi connectivity index (χ1n) is 8.22. The molecular formula is C17H22FN3O. The van der Waals surface area contributed by atoms with E-state index in [9.17, 15) is 9.60 Å². The van der Waals surface area contributed by atoms with Crippen molar-refractivity contribution >= 4 is 11.4 Å². The van der Waals surface area contributed by atoms with Crippen LogP contribution in [0.3, 0.4) is 0 Å². The van der Waals surface area contributed by atoms with E-state index in [2.05, 4.69) is 15.0 Å². The number of piperazine rings is 1. The van der Waals surface area contributed by atoms with Crippen LogP contribution in [0.25, 0.3) is 0 Å². The molecule has 2 saturated carbocycles. The average Bonchev–Trinajstić information content (AvgIpc) is 3.16. The Morgan fingerprint density at radius 2 is 1.77 bits per heavy atom. The van der Waals surface area contributed by atoms with Crippen LogP contribution in [0, 0.1) is 17.7 Å². The number of hydrogen-bond acceptors (Lipinski definition) is 4. The molecule has 0 amide bonds. The lowest BCUT2D eigenvalue weighted by Gasteiger charge is -2.41. The zero-order valence-corrected chi connectivity index (χ0v) is 12.7. The molecule has 22 heavy (non-hydrogen) atoms. The van der Waals surface area contributed by atoms with E-state index in [1.807, 2.05) is 12.1 Å². The van der Waals surface area contributed by atoms with Crippen molar-refractivity contribution in [3.63, 3.8) is 0 Å². The summed E-state index contributed by atoms with van der Waals surface area (Å²) in [6, 6.07) is 7.09. The van der Waals surface area contributed by atoms with E-state index < -0.39 is 0 Å². The normalized spacial score (nSPS) is 33.8. The Kier molecular flexibility index (Phi) is 3.53. The van der Waals surface area contributed by atoms with Gasteiger partial charge in [0, 0.05) is 37.8 Å². The van der Waals surface area contributed by atoms with Crippen LogP contribution in [-0.4, -0.2) is 48.0 Å². The smallest absolute Gasteiger partial charge is 0.123 e. The number of nitrogens with zero attached hydrogens (tertiary/aromatic N) is 3. The van der Waals surface area contributed by atoms with Gasteiger partial charge in [-0.2, -0.15) is 0 Å². The Morgan fingerprint density at radius 1 is 1.05 bits per heavy atom. The van der Waals surface area contributed by atoms with Crippen molar-refractivity contribution in [2.75, 3.05) is 31.1 Å². The fourth-order valence-corrected chi connectivity index (χ4v) is 4.59. The molecule has 1 saturated heterocycles. The molecular weight excluding hydrogens is 281 g/mol. The summed E-state index contributed by atoms with van der Waals surface area (Å²) in [5.41, 5.74) is 2.11. The van der Waals surface area contributed by atoms with E-state index in [1.54, 1.807) is 0 Å². The van der Waals surface area contributed by atoms with Crippen molar-refractivity contribution in [3.8, 4) is 0 Å². The summed E-state index contributed by atoms with van der Waals surface area (Å²) in [7, 11) is 0. The van der Waals surface area contributed by atoms with Gasteiger partial charge < -0.3 is 10.1 Å². The maximum atomic E-state index is 13.0. The lowest BCUT2D eigenvalue weighted by Crippen LogP contribution is -2.54. The number of rotatable bonds is 2. The van der Waals surface area contributed by atoms with Gasteiger partial charge in [-0.05, 0) is 49.4 Å². The first-order valence-corrected chi connectivity index (χ1v) is 8.22. The third kappa shape index (κ3) is 2.28. The number of anilines is 1. The summed E-state index contributed by atoms with van der Waals surface area (Å²) in [6.07, 6.45) is 3.66. The molecule has 118 valence electrons. The Hall–Kier alpha value is -1.62. The summed E-state index contributed by atoms with van der Waals surface area (Å²) in [4.78, 5) is 4.79. The van der Waals surface area contributed by atoms with Crippen LogP contribution in [0.4, 0.5) is 10.1 Å². The molecule has 1 aromatic carbocycles. The average molecular weight is 303 g/mol. The van der Waals surface area contributed by atoms with Crippen molar-refractivity contribution in [1.82, 2.24) is 4.90 Å². The monoisotopic (exact) mass is 303 g/mol. The Bertz CT molecular complexity index is 566. The summed E-state index contributed by atoms with van der Waals surface area (Å²) in [5.74, 6) is 0.997. The minimum absolute atomic E-state index is 0.187. The van der Waals surface area contributed by atoms with E-state index in [0.717, 1.165) is 37.6 Å². The molecule has 2 bridgehead atoms. The molecule has 0 radical (unpaired) electrons. The second kappa shape index (κ2) is 5.54. The van der Waals surface area contributed by atoms with Gasteiger partial charge in [0.15, 0.2) is 0 Å². The van der Waals surface area contributed by atoms with Crippen molar-refractivity contribution < 1.29 is 9.60 Å². The summed E-state index contributed by atoms with van der Waals surface area (Å²) in [6.45, 7) is 3.84. The number of halogens is 1. The summed E-state index contributed by atoms with van der Waals surface area (Å²) >= 11 is 0. The van der Waals surface area contributed by atoms with Gasteiger partial charge in [-0.3, -0.25) is 4.90 Å². The third-order valence-corrected chi connectivity index (χ3v) is 5.66. The minimum Gasteiger partial charge on any atom is -0.411 e. The highest BCUT2D eigenvalue weighted by atomic mass is 19.1. The quantitative estimate of drug-likeness (QED) is 0.674. The van der Waals surface area contributed by atoms with Crippen molar-refractivity contribution in [3.05, 3.63) is 30.1 Å². The number of fused-ring (bicyclic) bond motifs is 2. The molecule has 3 atom stereocenters. The standard InChI is InChI=1S/C17H22FN3O/c18-14-3-5-15(6-4-14)20-7-9-21(10-8-20)17-13-2-1-12(11-13)16(17)19-22/h3-6,12-13,17,22H,1-2,7-11H2. The molecule has 3 unspecified atom stereocenters. The minimum atomic E-state index is -0.187. The fourth-order valence-electron chi connectivity index (χ4n) is 4.59. The molecule has 1 aliphatic heterocycles. The molecule has 1 aromatic rings. The molecule has 4 rings (SSSR count). The molecule has 3 aliphatic rings. The van der Waals surface area contributed by atoms with E-state index in [-0.39, 0.29) is 5.82 Å². The zero-order valence-electron chi connectivity index (χ0n) is 12.7. The number of oxime groups is 1. The van der Waals surface area contributed by atoms with Gasteiger partial charge in [0.25, 0.3) is 0 Å². The third-order valence-electron chi connectivity index (χ3n) is 5.66. The van der Waals surface area contributed by atoms with E-state index >= 15 is 0 Å². The van der Waals surface area contributed by atoms with Crippen LogP contribution < -0.4 is 4.90 Å². The zero-order chi connectivity index (χ0) is 15.1. The van der Waals surface area contributed by atoms with E-state index in [1.165, 1.54) is 31.4 Å². The van der Waals surface area contributed by atoms with Gasteiger partial charge >= 0.3 is 0 Å². The van der Waals surface area contributed by atoms with Crippen LogP contribution in [0.5, 0.6) is 0 Å². The molecule has 4 nitrogen and oxygen atoms in total. The second-order valence-corrected chi connectivity index (χ2v) is 6.74. The molecule has 5 heteroatoms. The van der Waals surface area contributed by atoms with Crippen molar-refractivity contribution in [2.24, 2.45) is 17.0 Å². The second-order valence-electron chi connectivity index (χ2n) is 6.74. The molecule has 1 heterocycles. The summed E-state index contributed by atoms with van der Waals surface area (Å²) in [5, 5.41) is 13.0. The van der Waals surface area contributed by atoms with Crippen molar-refractivity contribution in [2.45, 2.75) is 25.3 Å². The molecule has 3 fully saturated rings. The topological polar surface area (TPSA) is 39.1 Å². The Morgan fingerprint density at radius 3 is 2.45 bits per heavy atom. The highest BCUT2D eigenvalue weighted by molar-refractivity contribution is 5.94. The molecule has 1 N–H and O–H groups in total. The van der Waals surface area contributed by atoms with Crippen LogP contribution in [0.2, 0.25) is 0 Å². The molecule has 0 aromatic heterocycles. The van der Waals surface area contributed by atoms with Crippen LogP contribution in [0.15, 0.2) is 29.4 Å². The van der Waals surface area contributed by atoms with Crippen LogP contribution >= 0.6 is 0 Å². The lowest BCUT2D eigenvalue weighted by molar-refractivity contribution is 0.181.